The van der Waals surface area contributed by atoms with Gasteiger partial charge in [-0.2, -0.15) is 4.31 Å². The molecule has 41 heavy (non-hydrogen) atoms. The minimum atomic E-state index is -3.86. The number of aliphatic hydroxyl groups is 1. The second-order valence-corrected chi connectivity index (χ2v) is 12.9. The molecule has 0 saturated carbocycles. The molecule has 0 bridgehead atoms. The number of carbonyl (C=O) groups excluding carboxylic acids is 1. The molecule has 5 rings (SSSR count). The van der Waals surface area contributed by atoms with E-state index < -0.39 is 22.2 Å². The Hall–Kier alpha value is -3.51. The fourth-order valence-electron chi connectivity index (χ4n) is 5.56. The van der Waals surface area contributed by atoms with Crippen molar-refractivity contribution in [3.8, 4) is 11.1 Å². The maximum absolute atomic E-state index is 14.4. The number of aliphatic hydroxyl groups excluding tert-OH is 1. The van der Waals surface area contributed by atoms with E-state index in [0.29, 0.717) is 5.69 Å². The zero-order valence-corrected chi connectivity index (χ0v) is 24.9. The number of benzene rings is 2. The Bertz CT molecular complexity index is 1680. The summed E-state index contributed by atoms with van der Waals surface area (Å²) in [6.07, 6.45) is 2.37. The number of likely N-dealkylation sites (N-methyl/N-ethyl adjacent to an activating group) is 1. The fraction of sp³-hybridized carbons (Fsp3) is 0.400. The first-order chi connectivity index (χ1) is 19.5. The number of carbonyl (C=O) groups is 1. The van der Waals surface area contributed by atoms with Crippen molar-refractivity contribution in [2.75, 3.05) is 26.7 Å². The minimum Gasteiger partial charge on any atom is -0.394 e. The number of hydrogen-bond acceptors (Lipinski definition) is 6. The van der Waals surface area contributed by atoms with Crippen LogP contribution >= 0.6 is 0 Å². The number of ether oxygens (including phenoxy) is 1. The van der Waals surface area contributed by atoms with E-state index in [2.05, 4.69) is 4.98 Å². The van der Waals surface area contributed by atoms with Crippen LogP contribution in [-0.4, -0.2) is 81.6 Å². The third-order valence-corrected chi connectivity index (χ3v) is 9.73. The van der Waals surface area contributed by atoms with E-state index in [4.69, 9.17) is 4.74 Å². The molecule has 1 N–H and O–H groups in total. The number of amides is 1. The number of hydrogen-bond donors (Lipinski definition) is 1. The number of imidazole rings is 1. The summed E-state index contributed by atoms with van der Waals surface area (Å²) < 4.78 is 37.9. The highest BCUT2D eigenvalue weighted by Gasteiger charge is 2.35. The number of aromatic nitrogens is 3. The molecule has 1 amide bonds. The lowest BCUT2D eigenvalue weighted by Gasteiger charge is -2.34. The van der Waals surface area contributed by atoms with Gasteiger partial charge in [0.1, 0.15) is 5.69 Å². The van der Waals surface area contributed by atoms with Crippen LogP contribution < -0.4 is 0 Å². The molecule has 0 unspecified atom stereocenters. The topological polar surface area (TPSA) is 110 Å². The summed E-state index contributed by atoms with van der Waals surface area (Å²) in [5.74, 6) is -0.463. The zero-order chi connectivity index (χ0) is 29.5. The summed E-state index contributed by atoms with van der Waals surface area (Å²) >= 11 is 0. The van der Waals surface area contributed by atoms with E-state index in [1.807, 2.05) is 74.0 Å². The molecule has 0 saturated heterocycles. The highest BCUT2D eigenvalue weighted by molar-refractivity contribution is 7.89. The van der Waals surface area contributed by atoms with Crippen LogP contribution in [0.25, 0.3) is 22.0 Å². The van der Waals surface area contributed by atoms with Gasteiger partial charge in [0.15, 0.2) is 5.03 Å². The van der Waals surface area contributed by atoms with E-state index in [-0.39, 0.29) is 43.2 Å². The van der Waals surface area contributed by atoms with Crippen LogP contribution in [0, 0.1) is 5.92 Å². The van der Waals surface area contributed by atoms with Crippen molar-refractivity contribution in [2.24, 2.45) is 20.0 Å². The van der Waals surface area contributed by atoms with Crippen molar-refractivity contribution >= 4 is 26.8 Å². The van der Waals surface area contributed by atoms with Crippen molar-refractivity contribution < 1.29 is 23.1 Å². The molecule has 2 aromatic carbocycles. The van der Waals surface area contributed by atoms with Crippen molar-refractivity contribution in [1.82, 2.24) is 23.3 Å². The third kappa shape index (κ3) is 5.30. The van der Waals surface area contributed by atoms with Crippen LogP contribution in [0.1, 0.15) is 29.9 Å². The van der Waals surface area contributed by atoms with E-state index in [1.165, 1.54) is 23.9 Å². The molecular weight excluding hydrogens is 542 g/mol. The van der Waals surface area contributed by atoms with Crippen molar-refractivity contribution in [3.63, 3.8) is 0 Å². The molecule has 11 heteroatoms. The molecule has 0 fully saturated rings. The molecule has 0 spiro atoms. The Kier molecular flexibility index (Phi) is 8.06. The number of aryl methyl sites for hydroxylation is 2. The SMILES string of the molecule is C[C@@H]1CN([C@H](C)CO)C(=O)c2c(c3ccccc3n2C)-c2ccccc2CO[C@H]1CN(C)S(=O)(=O)c1cn(C)cn1. The van der Waals surface area contributed by atoms with Gasteiger partial charge >= 0.3 is 0 Å². The van der Waals surface area contributed by atoms with Gasteiger partial charge in [0.25, 0.3) is 15.9 Å². The Morgan fingerprint density at radius 3 is 2.56 bits per heavy atom. The third-order valence-electron chi connectivity index (χ3n) is 8.02. The maximum atomic E-state index is 14.4. The first-order valence-electron chi connectivity index (χ1n) is 13.7. The van der Waals surface area contributed by atoms with Gasteiger partial charge in [-0.25, -0.2) is 13.4 Å². The Morgan fingerprint density at radius 2 is 1.85 bits per heavy atom. The highest BCUT2D eigenvalue weighted by Crippen LogP contribution is 2.38. The van der Waals surface area contributed by atoms with Crippen LogP contribution in [0.15, 0.2) is 66.1 Å². The maximum Gasteiger partial charge on any atom is 0.271 e. The van der Waals surface area contributed by atoms with E-state index >= 15 is 0 Å². The first-order valence-corrected chi connectivity index (χ1v) is 15.1. The van der Waals surface area contributed by atoms with Crippen molar-refractivity contribution in [1.29, 1.82) is 0 Å². The van der Waals surface area contributed by atoms with Gasteiger partial charge in [-0.05, 0) is 24.1 Å². The Balaban J connectivity index is 1.61. The normalized spacial score (nSPS) is 19.2. The lowest BCUT2D eigenvalue weighted by atomic mass is 9.96. The molecule has 2 aromatic heterocycles. The lowest BCUT2D eigenvalue weighted by molar-refractivity contribution is -0.0147. The van der Waals surface area contributed by atoms with Crippen molar-refractivity contribution in [2.45, 2.75) is 37.6 Å². The van der Waals surface area contributed by atoms with Gasteiger partial charge in [-0.1, -0.05) is 49.4 Å². The molecular formula is C30H37N5O5S. The molecule has 0 radical (unpaired) electrons. The van der Waals surface area contributed by atoms with E-state index in [9.17, 15) is 18.3 Å². The first kappa shape index (κ1) is 29.0. The van der Waals surface area contributed by atoms with Gasteiger partial charge in [-0.3, -0.25) is 4.79 Å². The second-order valence-electron chi connectivity index (χ2n) is 10.9. The largest absolute Gasteiger partial charge is 0.394 e. The van der Waals surface area contributed by atoms with E-state index in [0.717, 1.165) is 27.6 Å². The molecule has 0 aliphatic carbocycles. The molecule has 1 aliphatic heterocycles. The Labute approximate surface area is 240 Å². The van der Waals surface area contributed by atoms with Gasteiger partial charge in [0, 0.05) is 62.8 Å². The number of para-hydroxylation sites is 1. The zero-order valence-electron chi connectivity index (χ0n) is 24.1. The van der Waals surface area contributed by atoms with Gasteiger partial charge in [0.05, 0.1) is 31.7 Å². The van der Waals surface area contributed by atoms with Gasteiger partial charge in [-0.15, -0.1) is 0 Å². The molecule has 3 atom stereocenters. The quantitative estimate of drug-likeness (QED) is 0.376. The standard InChI is InChI=1S/C30H37N5O5S/c1-20-14-35(21(2)17-36)30(37)29-28(24-12-8-9-13-25(24)34(29)5)23-11-7-6-10-22(23)18-40-26(20)15-33(4)41(38,39)27-16-32(3)19-31-27/h6-13,16,19-21,26,36H,14-15,17-18H2,1-5H3/t20-,21-,26+/m1/s1. The second kappa shape index (κ2) is 11.4. The lowest BCUT2D eigenvalue weighted by Crippen LogP contribution is -2.48. The summed E-state index contributed by atoms with van der Waals surface area (Å²) in [4.78, 5) is 20.1. The molecule has 10 nitrogen and oxygen atoms in total. The predicted molar refractivity (Wildman–Crippen MR) is 157 cm³/mol. The average molecular weight is 580 g/mol. The van der Waals surface area contributed by atoms with Gasteiger partial charge < -0.3 is 23.9 Å². The smallest absolute Gasteiger partial charge is 0.271 e. The van der Waals surface area contributed by atoms with Crippen LogP contribution in [0.3, 0.4) is 0 Å². The summed E-state index contributed by atoms with van der Waals surface area (Å²) in [6.45, 7) is 4.10. The number of fused-ring (bicyclic) bond motifs is 5. The van der Waals surface area contributed by atoms with E-state index in [1.54, 1.807) is 16.5 Å². The van der Waals surface area contributed by atoms with Crippen LogP contribution in [0.5, 0.6) is 0 Å². The van der Waals surface area contributed by atoms with Crippen LogP contribution in [0.4, 0.5) is 0 Å². The predicted octanol–water partition coefficient (Wildman–Crippen LogP) is 3.26. The number of nitrogens with zero attached hydrogens (tertiary/aromatic N) is 5. The van der Waals surface area contributed by atoms with Crippen LogP contribution in [0.2, 0.25) is 0 Å². The number of sulfonamides is 1. The highest BCUT2D eigenvalue weighted by atomic mass is 32.2. The summed E-state index contributed by atoms with van der Waals surface area (Å²) in [5, 5.41) is 11.1. The average Bonchev–Trinajstić information content (AvgIpc) is 3.53. The molecule has 4 aromatic rings. The van der Waals surface area contributed by atoms with Crippen molar-refractivity contribution in [3.05, 3.63) is 72.3 Å². The molecule has 1 aliphatic rings. The Morgan fingerprint density at radius 1 is 1.15 bits per heavy atom. The fourth-order valence-corrected chi connectivity index (χ4v) is 6.70. The number of rotatable bonds is 6. The molecule has 218 valence electrons. The van der Waals surface area contributed by atoms with Gasteiger partial charge in [0.2, 0.25) is 0 Å². The minimum absolute atomic E-state index is 0.0369. The summed E-state index contributed by atoms with van der Waals surface area (Å²) in [5.41, 5.74) is 4.08. The monoisotopic (exact) mass is 579 g/mol. The molecule has 3 heterocycles. The van der Waals surface area contributed by atoms with Crippen LogP contribution in [-0.2, 0) is 35.5 Å². The summed E-state index contributed by atoms with van der Waals surface area (Å²) in [7, 11) is 1.26. The summed E-state index contributed by atoms with van der Waals surface area (Å²) in [6, 6.07) is 15.3.